The van der Waals surface area contributed by atoms with Crippen molar-refractivity contribution in [2.75, 3.05) is 5.32 Å². The molecule has 0 fully saturated rings. The van der Waals surface area contributed by atoms with Crippen molar-refractivity contribution in [3.05, 3.63) is 47.1 Å². The molecule has 0 aliphatic rings. The predicted octanol–water partition coefficient (Wildman–Crippen LogP) is 4.03. The van der Waals surface area contributed by atoms with Crippen molar-refractivity contribution in [3.63, 3.8) is 0 Å². The van der Waals surface area contributed by atoms with E-state index < -0.39 is 0 Å². The first-order valence-electron chi connectivity index (χ1n) is 8.68. The molecule has 1 N–H and O–H groups in total. The van der Waals surface area contributed by atoms with Crippen molar-refractivity contribution in [3.8, 4) is 10.6 Å². The van der Waals surface area contributed by atoms with Gasteiger partial charge in [-0.25, -0.2) is 9.67 Å². The molecule has 1 amide bonds. The van der Waals surface area contributed by atoms with Crippen LogP contribution in [0.3, 0.4) is 0 Å². The standard InChI is InChI=1S/C19H20N6OS/c1-11(2)25-18-14(10-20-25)13(19(26)22-17-7-8-24(4)23-17)9-15(21-18)16-6-5-12(3)27-16/h5-11H,1-4H3,(H,22,23,26). The lowest BCUT2D eigenvalue weighted by Gasteiger charge is -2.10. The second-order valence-corrected chi connectivity index (χ2v) is 8.00. The summed E-state index contributed by atoms with van der Waals surface area (Å²) in [5.74, 6) is 0.288. The number of hydrogen-bond acceptors (Lipinski definition) is 5. The van der Waals surface area contributed by atoms with Crippen LogP contribution in [0.4, 0.5) is 5.82 Å². The highest BCUT2D eigenvalue weighted by atomic mass is 32.1. The minimum absolute atomic E-state index is 0.141. The highest BCUT2D eigenvalue weighted by molar-refractivity contribution is 7.15. The van der Waals surface area contributed by atoms with Crippen LogP contribution in [0.15, 0.2) is 36.7 Å². The lowest BCUT2D eigenvalue weighted by Crippen LogP contribution is -2.14. The second-order valence-electron chi connectivity index (χ2n) is 6.71. The topological polar surface area (TPSA) is 77.6 Å². The number of thiophene rings is 1. The average molecular weight is 380 g/mol. The maximum Gasteiger partial charge on any atom is 0.257 e. The third-order valence-electron chi connectivity index (χ3n) is 4.25. The minimum atomic E-state index is -0.223. The van der Waals surface area contributed by atoms with Gasteiger partial charge < -0.3 is 5.32 Å². The molecule has 0 aliphatic carbocycles. The Kier molecular flexibility index (Phi) is 4.27. The lowest BCUT2D eigenvalue weighted by molar-refractivity contribution is 0.102. The average Bonchev–Trinajstić information content (AvgIpc) is 3.33. The molecule has 7 nitrogen and oxygen atoms in total. The zero-order chi connectivity index (χ0) is 19.1. The molecule has 0 bridgehead atoms. The molecule has 4 rings (SSSR count). The summed E-state index contributed by atoms with van der Waals surface area (Å²) in [6.45, 7) is 6.15. The number of fused-ring (bicyclic) bond motifs is 1. The molecule has 0 saturated carbocycles. The van der Waals surface area contributed by atoms with E-state index in [0.29, 0.717) is 17.0 Å². The molecule has 27 heavy (non-hydrogen) atoms. The molecule has 4 heterocycles. The summed E-state index contributed by atoms with van der Waals surface area (Å²) in [5, 5.41) is 12.3. The number of aromatic nitrogens is 5. The number of aryl methyl sites for hydroxylation is 2. The van der Waals surface area contributed by atoms with Crippen LogP contribution >= 0.6 is 11.3 Å². The van der Waals surface area contributed by atoms with Gasteiger partial charge in [0.25, 0.3) is 5.91 Å². The van der Waals surface area contributed by atoms with E-state index in [2.05, 4.69) is 28.5 Å². The molecule has 138 valence electrons. The van der Waals surface area contributed by atoms with Crippen LogP contribution in [0.2, 0.25) is 0 Å². The Morgan fingerprint density at radius 1 is 1.26 bits per heavy atom. The first-order valence-corrected chi connectivity index (χ1v) is 9.50. The smallest absolute Gasteiger partial charge is 0.257 e. The van der Waals surface area contributed by atoms with Crippen LogP contribution in [0.1, 0.15) is 35.1 Å². The van der Waals surface area contributed by atoms with Gasteiger partial charge in [0.15, 0.2) is 11.5 Å². The zero-order valence-electron chi connectivity index (χ0n) is 15.6. The van der Waals surface area contributed by atoms with Crippen LogP contribution in [-0.4, -0.2) is 30.5 Å². The van der Waals surface area contributed by atoms with Gasteiger partial charge in [0, 0.05) is 30.2 Å². The fourth-order valence-electron chi connectivity index (χ4n) is 2.95. The van der Waals surface area contributed by atoms with E-state index in [4.69, 9.17) is 4.98 Å². The van der Waals surface area contributed by atoms with Gasteiger partial charge in [-0.05, 0) is 39.0 Å². The highest BCUT2D eigenvalue weighted by Gasteiger charge is 2.19. The largest absolute Gasteiger partial charge is 0.305 e. The summed E-state index contributed by atoms with van der Waals surface area (Å²) >= 11 is 1.65. The molecular weight excluding hydrogens is 360 g/mol. The molecule has 4 aromatic rings. The molecule has 4 aromatic heterocycles. The molecule has 0 unspecified atom stereocenters. The third-order valence-corrected chi connectivity index (χ3v) is 5.27. The fraction of sp³-hybridized carbons (Fsp3) is 0.263. The van der Waals surface area contributed by atoms with Gasteiger partial charge in [0.1, 0.15) is 0 Å². The summed E-state index contributed by atoms with van der Waals surface area (Å²) in [7, 11) is 1.81. The van der Waals surface area contributed by atoms with E-state index in [-0.39, 0.29) is 11.9 Å². The number of amides is 1. The summed E-state index contributed by atoms with van der Waals surface area (Å²) in [5.41, 5.74) is 2.02. The molecule has 0 saturated heterocycles. The van der Waals surface area contributed by atoms with E-state index in [1.165, 1.54) is 4.88 Å². The quantitative estimate of drug-likeness (QED) is 0.580. The Bertz CT molecular complexity index is 1140. The molecular formula is C19H20N6OS. The van der Waals surface area contributed by atoms with Crippen LogP contribution in [0, 0.1) is 6.92 Å². The number of hydrogen-bond donors (Lipinski definition) is 1. The van der Waals surface area contributed by atoms with Crippen molar-refractivity contribution in [2.24, 2.45) is 7.05 Å². The normalized spacial score (nSPS) is 11.4. The lowest BCUT2D eigenvalue weighted by atomic mass is 10.1. The minimum Gasteiger partial charge on any atom is -0.305 e. The Morgan fingerprint density at radius 3 is 2.70 bits per heavy atom. The molecule has 0 radical (unpaired) electrons. The Labute approximate surface area is 160 Å². The van der Waals surface area contributed by atoms with E-state index in [1.54, 1.807) is 34.5 Å². The zero-order valence-corrected chi connectivity index (χ0v) is 16.4. The maximum atomic E-state index is 13.0. The van der Waals surface area contributed by atoms with Gasteiger partial charge in [-0.3, -0.25) is 9.48 Å². The molecule has 8 heteroatoms. The van der Waals surface area contributed by atoms with Gasteiger partial charge in [-0.2, -0.15) is 10.2 Å². The van der Waals surface area contributed by atoms with E-state index >= 15 is 0 Å². The number of carbonyl (C=O) groups excluding carboxylic acids is 1. The highest BCUT2D eigenvalue weighted by Crippen LogP contribution is 2.30. The van der Waals surface area contributed by atoms with E-state index in [9.17, 15) is 4.79 Å². The summed E-state index contributed by atoms with van der Waals surface area (Å²) in [6.07, 6.45) is 3.49. The summed E-state index contributed by atoms with van der Waals surface area (Å²) in [6, 6.07) is 7.82. The number of pyridine rings is 1. The van der Waals surface area contributed by atoms with E-state index in [1.807, 2.05) is 37.7 Å². The van der Waals surface area contributed by atoms with Crippen molar-refractivity contribution >= 4 is 34.1 Å². The SMILES string of the molecule is Cc1ccc(-c2cc(C(=O)Nc3ccn(C)n3)c3cnn(C(C)C)c3n2)s1. The van der Waals surface area contributed by atoms with Crippen molar-refractivity contribution in [1.29, 1.82) is 0 Å². The van der Waals surface area contributed by atoms with E-state index in [0.717, 1.165) is 16.0 Å². The summed E-state index contributed by atoms with van der Waals surface area (Å²) in [4.78, 5) is 20.0. The van der Waals surface area contributed by atoms with Gasteiger partial charge >= 0.3 is 0 Å². The Hall–Kier alpha value is -3.00. The van der Waals surface area contributed by atoms with Crippen LogP contribution in [0.5, 0.6) is 0 Å². The molecule has 0 spiro atoms. The predicted molar refractivity (Wildman–Crippen MR) is 107 cm³/mol. The number of nitrogens with zero attached hydrogens (tertiary/aromatic N) is 5. The van der Waals surface area contributed by atoms with Crippen molar-refractivity contribution in [1.82, 2.24) is 24.5 Å². The first-order chi connectivity index (χ1) is 12.9. The summed E-state index contributed by atoms with van der Waals surface area (Å²) < 4.78 is 3.49. The number of anilines is 1. The number of carbonyl (C=O) groups is 1. The molecule has 0 aliphatic heterocycles. The third kappa shape index (κ3) is 3.23. The molecule has 0 aromatic carbocycles. The van der Waals surface area contributed by atoms with Crippen LogP contribution in [0.25, 0.3) is 21.6 Å². The van der Waals surface area contributed by atoms with Crippen molar-refractivity contribution in [2.45, 2.75) is 26.8 Å². The first kappa shape index (κ1) is 17.4. The van der Waals surface area contributed by atoms with Gasteiger partial charge in [-0.15, -0.1) is 11.3 Å². The maximum absolute atomic E-state index is 13.0. The Balaban J connectivity index is 1.85. The fourth-order valence-corrected chi connectivity index (χ4v) is 3.78. The van der Waals surface area contributed by atoms with Gasteiger partial charge in [-0.1, -0.05) is 0 Å². The number of rotatable bonds is 4. The van der Waals surface area contributed by atoms with Gasteiger partial charge in [0.2, 0.25) is 0 Å². The Morgan fingerprint density at radius 2 is 2.07 bits per heavy atom. The molecule has 0 atom stereocenters. The van der Waals surface area contributed by atoms with Gasteiger partial charge in [0.05, 0.1) is 27.7 Å². The number of nitrogens with one attached hydrogen (secondary N) is 1. The second kappa shape index (κ2) is 6.62. The van der Waals surface area contributed by atoms with Crippen LogP contribution < -0.4 is 5.32 Å². The van der Waals surface area contributed by atoms with Crippen LogP contribution in [-0.2, 0) is 7.05 Å². The van der Waals surface area contributed by atoms with Crippen molar-refractivity contribution < 1.29 is 4.79 Å². The monoisotopic (exact) mass is 380 g/mol.